The second kappa shape index (κ2) is 22.1. The molecule has 2 aromatic carbocycles. The number of hydrogen-bond acceptors (Lipinski definition) is 9. The normalized spacial score (nSPS) is 31.2. The summed E-state index contributed by atoms with van der Waals surface area (Å²) in [6, 6.07) is 18.1. The van der Waals surface area contributed by atoms with E-state index < -0.39 is 33.9 Å². The van der Waals surface area contributed by atoms with Crippen LogP contribution < -0.4 is 34.3 Å². The number of esters is 1. The van der Waals surface area contributed by atoms with Gasteiger partial charge in [-0.15, -0.1) is 11.6 Å². The summed E-state index contributed by atoms with van der Waals surface area (Å²) in [5, 5.41) is 34.2. The Morgan fingerprint density at radius 2 is 1.93 bits per heavy atom. The van der Waals surface area contributed by atoms with Gasteiger partial charge >= 0.3 is 57.9 Å². The number of rotatable bonds is 11. The molecular weight excluding hydrogens is 1040 g/mol. The molecule has 0 aromatic heterocycles. The Kier molecular flexibility index (Phi) is 20.3. The number of nitriles is 1. The number of aliphatic hydroxyl groups is 2. The van der Waals surface area contributed by atoms with Crippen LogP contribution in [0.2, 0.25) is 0 Å². The monoisotopic (exact) mass is 1090 g/mol. The fourth-order valence-corrected chi connectivity index (χ4v) is 9.87. The quantitative estimate of drug-likeness (QED) is 0.0869. The van der Waals surface area contributed by atoms with Crippen molar-refractivity contribution in [2.24, 2.45) is 11.3 Å². The molecular formula is C46H56AcN2NaNbO7-2. The van der Waals surface area contributed by atoms with E-state index in [1.807, 2.05) is 25.5 Å². The zero-order valence-electron chi connectivity index (χ0n) is 35.2. The smallest absolute Gasteiger partial charge is 0.554 e. The predicted octanol–water partition coefficient (Wildman–Crippen LogP) is 3.66. The number of carbonyl (C=O) groups excluding carboxylic acids is 1. The zero-order chi connectivity index (χ0) is 38.9. The molecule has 6 rings (SSSR count). The van der Waals surface area contributed by atoms with E-state index in [1.165, 1.54) is 42.9 Å². The van der Waals surface area contributed by atoms with E-state index in [-0.39, 0.29) is 128 Å². The number of carbonyl (C=O) groups is 1. The van der Waals surface area contributed by atoms with Crippen LogP contribution in [-0.2, 0) is 58.9 Å². The molecule has 0 amide bonds. The van der Waals surface area contributed by atoms with Crippen molar-refractivity contribution in [1.29, 1.82) is 5.26 Å². The van der Waals surface area contributed by atoms with Crippen LogP contribution in [-0.4, -0.2) is 79.9 Å². The summed E-state index contributed by atoms with van der Waals surface area (Å²) in [6.45, 7) is 13.9. The third-order valence-corrected chi connectivity index (χ3v) is 12.5. The van der Waals surface area contributed by atoms with E-state index in [2.05, 4.69) is 68.1 Å². The van der Waals surface area contributed by atoms with E-state index in [4.69, 9.17) is 19.2 Å². The standard InChI is InChI=1S/C45H53N2O7.CH3.Ac.Na.Nb/c1-8-19-42(10-3)27-43(11-4,28-45(50,40(42)48)41(49)52-6)33-16-17-39(51-5)37(23-33)44(29-54-53-7)24-30-21-31(9-2)38(25-46)47(26-30)20-18-35-34-15-13-12-14-32(34)22-36(35)44;;;;/h8,12-15,17,19,21,23,27-28,30,38,40,48,50H,1,4,9-11,18,20,22,24,26,29H2,2-3,5-7H3;1H3;;;/q-5;-1;;+1;+3/t30-,38?,40?,42-,43-,44-,45?;;;;/m1..../s1. The third kappa shape index (κ3) is 9.31. The summed E-state index contributed by atoms with van der Waals surface area (Å²) < 4.78 is 11.3. The van der Waals surface area contributed by atoms with Gasteiger partial charge in [-0.2, -0.15) is 22.8 Å². The minimum absolute atomic E-state index is 0. The molecule has 1 fully saturated rings. The summed E-state index contributed by atoms with van der Waals surface area (Å²) in [5.41, 5.74) is 1.90. The Balaban J connectivity index is 0.00000290. The number of nitrogens with zero attached hydrogens (tertiary/aromatic N) is 2. The Morgan fingerprint density at radius 3 is 2.53 bits per heavy atom. The van der Waals surface area contributed by atoms with E-state index in [9.17, 15) is 20.3 Å². The van der Waals surface area contributed by atoms with Gasteiger partial charge in [0.15, 0.2) is 0 Å². The molecule has 2 heterocycles. The van der Waals surface area contributed by atoms with Crippen molar-refractivity contribution in [2.45, 2.75) is 80.9 Å². The molecule has 1 saturated carbocycles. The molecule has 4 unspecified atom stereocenters. The summed E-state index contributed by atoms with van der Waals surface area (Å²) in [6.07, 6.45) is 10.8. The first-order valence-corrected chi connectivity index (χ1v) is 18.9. The van der Waals surface area contributed by atoms with Crippen LogP contribution in [0.3, 0.4) is 0 Å². The molecule has 4 aliphatic rings. The molecule has 12 heteroatoms. The van der Waals surface area contributed by atoms with Gasteiger partial charge < -0.3 is 52.3 Å². The zero-order valence-corrected chi connectivity index (χ0v) is 44.2. The Morgan fingerprint density at radius 1 is 1.21 bits per heavy atom. The van der Waals surface area contributed by atoms with Gasteiger partial charge in [-0.3, -0.25) is 15.8 Å². The summed E-state index contributed by atoms with van der Waals surface area (Å²) in [7, 11) is 4.35. The molecule has 303 valence electrons. The van der Waals surface area contributed by atoms with Crippen molar-refractivity contribution >= 4 is 11.5 Å². The average Bonchev–Trinajstić information content (AvgIpc) is 3.59. The van der Waals surface area contributed by atoms with Crippen LogP contribution in [0.1, 0.15) is 68.2 Å². The van der Waals surface area contributed by atoms with Crippen molar-refractivity contribution in [3.8, 4) is 11.8 Å². The third-order valence-electron chi connectivity index (χ3n) is 12.5. The molecule has 0 spiro atoms. The van der Waals surface area contributed by atoms with Gasteiger partial charge in [0.1, 0.15) is 6.04 Å². The van der Waals surface area contributed by atoms with Crippen molar-refractivity contribution in [1.82, 2.24) is 4.90 Å². The Bertz CT molecular complexity index is 1880. The van der Waals surface area contributed by atoms with Crippen LogP contribution in [0.15, 0.2) is 65.8 Å². The number of hydrogen-bond donors (Lipinski definition) is 2. The predicted molar refractivity (Wildman–Crippen MR) is 212 cm³/mol. The van der Waals surface area contributed by atoms with Gasteiger partial charge in [0.25, 0.3) is 0 Å². The van der Waals surface area contributed by atoms with Gasteiger partial charge in [-0.25, -0.2) is 34.8 Å². The van der Waals surface area contributed by atoms with Crippen molar-refractivity contribution in [3.05, 3.63) is 128 Å². The molecule has 1 radical (unpaired) electrons. The molecule has 8 atom stereocenters. The number of methoxy groups -OCH3 is 2. The van der Waals surface area contributed by atoms with Crippen LogP contribution in [0.4, 0.5) is 0 Å². The number of fused-ring (bicyclic) bond motifs is 4. The number of ether oxygens (including phenoxy) is 2. The molecule has 2 N–H and O–H groups in total. The van der Waals surface area contributed by atoms with Crippen LogP contribution in [0, 0.1) is 107 Å². The largest absolute Gasteiger partial charge is 3.00 e. The Hall–Kier alpha value is -0.728. The molecule has 2 aromatic rings. The maximum absolute atomic E-state index is 13.4. The number of allylic oxidation sites excluding steroid dienone is 1. The molecule has 58 heavy (non-hydrogen) atoms. The number of benzene rings is 2. The molecule has 0 saturated heterocycles. The van der Waals surface area contributed by atoms with E-state index in [0.717, 1.165) is 30.5 Å². The first-order chi connectivity index (χ1) is 26.0. The molecule has 2 bridgehead atoms. The summed E-state index contributed by atoms with van der Waals surface area (Å²) in [5.74, 6) is -0.316. The molecule has 9 nitrogen and oxygen atoms in total. The van der Waals surface area contributed by atoms with E-state index in [0.29, 0.717) is 37.1 Å². The maximum atomic E-state index is 13.4. The van der Waals surface area contributed by atoms with Crippen molar-refractivity contribution in [2.75, 3.05) is 41.0 Å². The fraction of sp³-hybridized carbons (Fsp3) is 0.457. The fourth-order valence-electron chi connectivity index (χ4n) is 9.87. The Labute approximate surface area is 420 Å². The van der Waals surface area contributed by atoms with Gasteiger partial charge in [-0.05, 0) is 53.9 Å². The minimum atomic E-state index is -2.38. The minimum Gasteiger partial charge on any atom is -0.554 e. The van der Waals surface area contributed by atoms with Gasteiger partial charge in [0, 0.05) is 74.4 Å². The van der Waals surface area contributed by atoms with Crippen LogP contribution >= 0.6 is 0 Å². The first kappa shape index (κ1) is 53.4. The molecule has 2 aliphatic carbocycles. The summed E-state index contributed by atoms with van der Waals surface area (Å²) >= 11 is 0. The topological polar surface area (TPSA) is 121 Å². The second-order valence-electron chi connectivity index (χ2n) is 15.1. The molecule has 2 aliphatic heterocycles. The van der Waals surface area contributed by atoms with Gasteiger partial charge in [0.05, 0.1) is 39.6 Å². The van der Waals surface area contributed by atoms with E-state index in [1.54, 1.807) is 19.3 Å². The van der Waals surface area contributed by atoms with Gasteiger partial charge in [0.2, 0.25) is 0 Å². The average molecular weight is 1090 g/mol. The SMILES string of the molecule is [Ac].[CH2-]C=C[C@]1(CC)[CH-][C@@](C[CH2-])(c2[c-]cc(OC)c([C@@]3(COOC)C[C@H]4C=C(CC)C(C#N)N(CCC5=C3Cc3ccccc35)C4)c2)[CH-]C(O)(C(=O)OC)C1O.[CH3-].[Na+].[Nb+3]. The van der Waals surface area contributed by atoms with Gasteiger partial charge in [-0.1, -0.05) is 56.2 Å². The van der Waals surface area contributed by atoms with E-state index >= 15 is 0 Å². The summed E-state index contributed by atoms with van der Waals surface area (Å²) in [4.78, 5) is 27.2. The second-order valence-corrected chi connectivity index (χ2v) is 15.1. The van der Waals surface area contributed by atoms with Crippen molar-refractivity contribution < 1.29 is 130 Å². The number of aliphatic hydroxyl groups excluding tert-OH is 1. The van der Waals surface area contributed by atoms with Crippen molar-refractivity contribution in [3.63, 3.8) is 0 Å². The maximum Gasteiger partial charge on any atom is 3.00 e. The van der Waals surface area contributed by atoms with Crippen LogP contribution in [0.25, 0.3) is 5.57 Å². The first-order valence-electron chi connectivity index (χ1n) is 18.9. The van der Waals surface area contributed by atoms with Crippen LogP contribution in [0.5, 0.6) is 5.75 Å².